The fourth-order valence-corrected chi connectivity index (χ4v) is 6.24. The van der Waals surface area contributed by atoms with Crippen molar-refractivity contribution in [1.29, 1.82) is 0 Å². The second-order valence-corrected chi connectivity index (χ2v) is 11.0. The molecule has 3 aromatic rings. The first-order valence-corrected chi connectivity index (χ1v) is 13.5. The van der Waals surface area contributed by atoms with Crippen molar-refractivity contribution in [3.05, 3.63) is 76.5 Å². The average Bonchev–Trinajstić information content (AvgIpc) is 3.23. The molecule has 1 unspecified atom stereocenters. The molecule has 2 aliphatic rings. The van der Waals surface area contributed by atoms with Crippen LogP contribution in [0.3, 0.4) is 0 Å². The standard InChI is InChI=1S/C25H29N5O5S/c1-27-25(32)30(21-7-3-2-4-8-21)23(26-27)20-6-5-13-28(18-20)24(31)19-9-11-22(12-10-19)36(33,34)29-14-16-35-17-15-29/h2-4,7-12,20H,5-6,13-18H2,1H3. The number of para-hydroxylation sites is 1. The molecule has 190 valence electrons. The highest BCUT2D eigenvalue weighted by Gasteiger charge is 2.31. The van der Waals surface area contributed by atoms with E-state index in [1.54, 1.807) is 28.6 Å². The number of benzene rings is 2. The first-order valence-electron chi connectivity index (χ1n) is 12.0. The summed E-state index contributed by atoms with van der Waals surface area (Å²) in [7, 11) is -1.99. The molecule has 0 radical (unpaired) electrons. The van der Waals surface area contributed by atoms with Crippen molar-refractivity contribution in [3.8, 4) is 5.69 Å². The van der Waals surface area contributed by atoms with Crippen LogP contribution in [-0.2, 0) is 21.8 Å². The van der Waals surface area contributed by atoms with E-state index in [-0.39, 0.29) is 22.4 Å². The van der Waals surface area contributed by atoms with Crippen LogP contribution in [0.4, 0.5) is 0 Å². The Hall–Kier alpha value is -3.28. The minimum Gasteiger partial charge on any atom is -0.379 e. The molecule has 0 bridgehead atoms. The maximum Gasteiger partial charge on any atom is 0.350 e. The summed E-state index contributed by atoms with van der Waals surface area (Å²) < 4.78 is 35.4. The number of ether oxygens (including phenoxy) is 1. The van der Waals surface area contributed by atoms with Crippen LogP contribution in [0.1, 0.15) is 34.9 Å². The summed E-state index contributed by atoms with van der Waals surface area (Å²) in [5, 5.41) is 4.51. The van der Waals surface area contributed by atoms with E-state index in [9.17, 15) is 18.0 Å². The van der Waals surface area contributed by atoms with Gasteiger partial charge >= 0.3 is 5.69 Å². The summed E-state index contributed by atoms with van der Waals surface area (Å²) in [4.78, 5) is 28.1. The van der Waals surface area contributed by atoms with Crippen LogP contribution in [-0.4, -0.2) is 77.3 Å². The van der Waals surface area contributed by atoms with E-state index in [4.69, 9.17) is 4.74 Å². The van der Waals surface area contributed by atoms with Crippen molar-refractivity contribution in [2.24, 2.45) is 7.05 Å². The minimum atomic E-state index is -3.62. The smallest absolute Gasteiger partial charge is 0.350 e. The van der Waals surface area contributed by atoms with Gasteiger partial charge in [-0.05, 0) is 49.2 Å². The molecule has 1 atom stereocenters. The lowest BCUT2D eigenvalue weighted by atomic mass is 9.96. The average molecular weight is 512 g/mol. The van der Waals surface area contributed by atoms with Crippen molar-refractivity contribution in [2.45, 2.75) is 23.7 Å². The predicted octanol–water partition coefficient (Wildman–Crippen LogP) is 1.61. The number of carbonyl (C=O) groups excluding carboxylic acids is 1. The van der Waals surface area contributed by atoms with Crippen molar-refractivity contribution in [1.82, 2.24) is 23.6 Å². The van der Waals surface area contributed by atoms with Gasteiger partial charge in [-0.2, -0.15) is 9.40 Å². The molecule has 0 aliphatic carbocycles. The summed E-state index contributed by atoms with van der Waals surface area (Å²) in [6, 6.07) is 15.5. The van der Waals surface area contributed by atoms with Gasteiger partial charge in [0.2, 0.25) is 10.0 Å². The van der Waals surface area contributed by atoms with Gasteiger partial charge < -0.3 is 9.64 Å². The molecule has 2 saturated heterocycles. The van der Waals surface area contributed by atoms with Gasteiger partial charge in [-0.15, -0.1) is 0 Å². The van der Waals surface area contributed by atoms with Crippen molar-refractivity contribution in [2.75, 3.05) is 39.4 Å². The monoisotopic (exact) mass is 511 g/mol. The van der Waals surface area contributed by atoms with Crippen LogP contribution in [0, 0.1) is 0 Å². The fourth-order valence-electron chi connectivity index (χ4n) is 4.83. The van der Waals surface area contributed by atoms with E-state index in [2.05, 4.69) is 5.10 Å². The Labute approximate surface area is 209 Å². The summed E-state index contributed by atoms with van der Waals surface area (Å²) in [6.45, 7) is 2.40. The first kappa shape index (κ1) is 24.4. The number of morpholine rings is 1. The van der Waals surface area contributed by atoms with Crippen LogP contribution in [0.2, 0.25) is 0 Å². The quantitative estimate of drug-likeness (QED) is 0.515. The van der Waals surface area contributed by atoms with Gasteiger partial charge in [-0.1, -0.05) is 18.2 Å². The summed E-state index contributed by atoms with van der Waals surface area (Å²) >= 11 is 0. The topological polar surface area (TPSA) is 107 Å². The third kappa shape index (κ3) is 4.61. The summed E-state index contributed by atoms with van der Waals surface area (Å²) in [6.07, 6.45) is 1.59. The molecule has 2 aromatic carbocycles. The van der Waals surface area contributed by atoms with E-state index in [0.717, 1.165) is 18.5 Å². The van der Waals surface area contributed by atoms with Gasteiger partial charge in [0.1, 0.15) is 5.82 Å². The van der Waals surface area contributed by atoms with E-state index >= 15 is 0 Å². The fraction of sp³-hybridized carbons (Fsp3) is 0.400. The molecule has 0 saturated carbocycles. The van der Waals surface area contributed by atoms with Crippen molar-refractivity contribution < 1.29 is 17.9 Å². The van der Waals surface area contributed by atoms with Gasteiger partial charge in [0.25, 0.3) is 5.91 Å². The Balaban J connectivity index is 1.35. The van der Waals surface area contributed by atoms with E-state index in [0.29, 0.717) is 50.8 Å². The molecule has 2 aliphatic heterocycles. The van der Waals surface area contributed by atoms with E-state index in [1.165, 1.54) is 21.1 Å². The number of rotatable bonds is 5. The highest BCUT2D eigenvalue weighted by molar-refractivity contribution is 7.89. The number of amides is 1. The molecule has 11 heteroatoms. The van der Waals surface area contributed by atoms with Crippen LogP contribution in [0.25, 0.3) is 5.69 Å². The number of aromatic nitrogens is 3. The molecular formula is C25H29N5O5S. The number of sulfonamides is 1. The zero-order valence-corrected chi connectivity index (χ0v) is 20.9. The van der Waals surface area contributed by atoms with Crippen LogP contribution in [0.15, 0.2) is 64.3 Å². The van der Waals surface area contributed by atoms with Gasteiger partial charge in [0.15, 0.2) is 0 Å². The molecule has 36 heavy (non-hydrogen) atoms. The Kier molecular flexibility index (Phi) is 6.78. The summed E-state index contributed by atoms with van der Waals surface area (Å²) in [5.41, 5.74) is 0.945. The SMILES string of the molecule is Cn1nc(C2CCCN(C(=O)c3ccc(S(=O)(=O)N4CCOCC4)cc3)C2)n(-c2ccccc2)c1=O. The molecule has 10 nitrogen and oxygen atoms in total. The van der Waals surface area contributed by atoms with Crippen molar-refractivity contribution >= 4 is 15.9 Å². The van der Waals surface area contributed by atoms with Crippen LogP contribution in [0.5, 0.6) is 0 Å². The number of hydrogen-bond acceptors (Lipinski definition) is 6. The molecule has 5 rings (SSSR count). The first-order chi connectivity index (χ1) is 17.4. The number of nitrogens with zero attached hydrogens (tertiary/aromatic N) is 5. The molecule has 1 amide bonds. The zero-order valence-electron chi connectivity index (χ0n) is 20.1. The van der Waals surface area contributed by atoms with Crippen LogP contribution < -0.4 is 5.69 Å². The molecule has 2 fully saturated rings. The Morgan fingerprint density at radius 1 is 1.00 bits per heavy atom. The van der Waals surface area contributed by atoms with Crippen molar-refractivity contribution in [3.63, 3.8) is 0 Å². The number of hydrogen-bond donors (Lipinski definition) is 0. The molecule has 1 aromatic heterocycles. The summed E-state index contributed by atoms with van der Waals surface area (Å²) in [5.74, 6) is 0.371. The lowest BCUT2D eigenvalue weighted by molar-refractivity contribution is 0.0703. The molecular weight excluding hydrogens is 482 g/mol. The maximum absolute atomic E-state index is 13.3. The minimum absolute atomic E-state index is 0.0993. The van der Waals surface area contributed by atoms with Gasteiger partial charge in [-0.25, -0.2) is 22.5 Å². The highest BCUT2D eigenvalue weighted by Crippen LogP contribution is 2.28. The second kappa shape index (κ2) is 10.00. The number of piperidine rings is 1. The molecule has 3 heterocycles. The van der Waals surface area contributed by atoms with Gasteiger partial charge in [-0.3, -0.25) is 4.79 Å². The van der Waals surface area contributed by atoms with Gasteiger partial charge in [0, 0.05) is 44.7 Å². The van der Waals surface area contributed by atoms with E-state index in [1.807, 2.05) is 30.3 Å². The lowest BCUT2D eigenvalue weighted by Crippen LogP contribution is -2.41. The zero-order chi connectivity index (χ0) is 25.3. The Morgan fingerprint density at radius 3 is 2.39 bits per heavy atom. The van der Waals surface area contributed by atoms with E-state index < -0.39 is 10.0 Å². The lowest BCUT2D eigenvalue weighted by Gasteiger charge is -2.32. The Morgan fingerprint density at radius 2 is 1.69 bits per heavy atom. The Bertz CT molecular complexity index is 1390. The second-order valence-electron chi connectivity index (χ2n) is 9.07. The normalized spacial score (nSPS) is 19.4. The third-order valence-electron chi connectivity index (χ3n) is 6.75. The maximum atomic E-state index is 13.3. The number of likely N-dealkylation sites (tertiary alicyclic amines) is 1. The number of carbonyl (C=O) groups is 1. The molecule has 0 spiro atoms. The van der Waals surface area contributed by atoms with Crippen LogP contribution >= 0.6 is 0 Å². The van der Waals surface area contributed by atoms with Gasteiger partial charge in [0.05, 0.1) is 23.8 Å². The highest BCUT2D eigenvalue weighted by atomic mass is 32.2. The number of aryl methyl sites for hydroxylation is 1. The largest absolute Gasteiger partial charge is 0.379 e. The molecule has 0 N–H and O–H groups in total. The predicted molar refractivity (Wildman–Crippen MR) is 133 cm³/mol. The third-order valence-corrected chi connectivity index (χ3v) is 8.66.